The number of amides is 1. The van der Waals surface area contributed by atoms with Crippen molar-refractivity contribution in [3.63, 3.8) is 0 Å². The minimum atomic E-state index is -0.335. The number of nitriles is 1. The van der Waals surface area contributed by atoms with Crippen molar-refractivity contribution in [2.45, 2.75) is 0 Å². The Morgan fingerprint density at radius 2 is 2.35 bits per heavy atom. The molecule has 1 amide bonds. The molecule has 0 aliphatic rings. The number of carbonyl (C=O) groups is 1. The van der Waals surface area contributed by atoms with Gasteiger partial charge in [-0.2, -0.15) is 5.26 Å². The molecule has 0 radical (unpaired) electrons. The van der Waals surface area contributed by atoms with Crippen LogP contribution in [0.1, 0.15) is 20.8 Å². The lowest BCUT2D eigenvalue weighted by atomic mass is 10.1. The van der Waals surface area contributed by atoms with E-state index in [4.69, 9.17) is 10.4 Å². The highest BCUT2D eigenvalue weighted by atomic mass is 32.1. The van der Waals surface area contributed by atoms with Crippen molar-refractivity contribution in [3.8, 4) is 17.9 Å². The summed E-state index contributed by atoms with van der Waals surface area (Å²) in [4.78, 5) is 16.6. The lowest BCUT2D eigenvalue weighted by molar-refractivity contribution is 0.102. The summed E-state index contributed by atoms with van der Waals surface area (Å²) < 4.78 is 0. The van der Waals surface area contributed by atoms with Gasteiger partial charge in [-0.25, -0.2) is 4.98 Å². The van der Waals surface area contributed by atoms with Gasteiger partial charge in [-0.3, -0.25) is 10.1 Å². The molecule has 2 rings (SSSR count). The average Bonchev–Trinajstić information content (AvgIpc) is 2.92. The first-order chi connectivity index (χ1) is 9.72. The molecule has 6 heteroatoms. The number of anilines is 1. The largest absolute Gasteiger partial charge is 0.384 e. The molecular formula is C14H9N3O2S. The van der Waals surface area contributed by atoms with Gasteiger partial charge in [0.1, 0.15) is 6.61 Å². The second-order valence-electron chi connectivity index (χ2n) is 3.64. The number of nitrogens with zero attached hydrogens (tertiary/aromatic N) is 2. The number of hydrogen-bond donors (Lipinski definition) is 2. The van der Waals surface area contributed by atoms with Gasteiger partial charge in [0, 0.05) is 5.56 Å². The topological polar surface area (TPSA) is 86.0 Å². The standard InChI is InChI=1S/C14H9N3O2S/c15-8-10-3-1-4-11(7-10)13(19)17-14-16-9-12(20-14)5-2-6-18/h1,3-4,7,9,18H,6H2,(H,16,17,19). The molecule has 1 aromatic carbocycles. The highest BCUT2D eigenvalue weighted by molar-refractivity contribution is 7.16. The Labute approximate surface area is 119 Å². The van der Waals surface area contributed by atoms with Crippen molar-refractivity contribution >= 4 is 22.4 Å². The molecule has 0 aliphatic heterocycles. The smallest absolute Gasteiger partial charge is 0.257 e. The minimum absolute atomic E-state index is 0.222. The lowest BCUT2D eigenvalue weighted by Gasteiger charge is -2.01. The average molecular weight is 283 g/mol. The quantitative estimate of drug-likeness (QED) is 0.820. The Hall–Kier alpha value is -2.67. The molecule has 0 saturated heterocycles. The normalized spacial score (nSPS) is 9.20. The number of rotatable bonds is 2. The number of aromatic nitrogens is 1. The Balaban J connectivity index is 2.11. The van der Waals surface area contributed by atoms with Crippen LogP contribution in [0.3, 0.4) is 0 Å². The molecule has 2 aromatic rings. The molecule has 0 bridgehead atoms. The van der Waals surface area contributed by atoms with Gasteiger partial charge in [-0.05, 0) is 18.2 Å². The fraction of sp³-hybridized carbons (Fsp3) is 0.0714. The van der Waals surface area contributed by atoms with E-state index < -0.39 is 0 Å². The summed E-state index contributed by atoms with van der Waals surface area (Å²) in [6.07, 6.45) is 1.52. The highest BCUT2D eigenvalue weighted by Crippen LogP contribution is 2.18. The number of nitrogens with one attached hydrogen (secondary N) is 1. The van der Waals surface area contributed by atoms with E-state index in [0.29, 0.717) is 21.1 Å². The molecule has 0 saturated carbocycles. The van der Waals surface area contributed by atoms with Crippen LogP contribution in [0.15, 0.2) is 30.5 Å². The van der Waals surface area contributed by atoms with Crippen LogP contribution in [-0.4, -0.2) is 22.6 Å². The van der Waals surface area contributed by atoms with Gasteiger partial charge in [0.25, 0.3) is 5.91 Å². The second kappa shape index (κ2) is 6.48. The van der Waals surface area contributed by atoms with Gasteiger partial charge < -0.3 is 5.11 Å². The van der Waals surface area contributed by atoms with Crippen molar-refractivity contribution in [2.75, 3.05) is 11.9 Å². The number of benzene rings is 1. The highest BCUT2D eigenvalue weighted by Gasteiger charge is 2.09. The molecule has 0 spiro atoms. The van der Waals surface area contributed by atoms with Gasteiger partial charge in [-0.15, -0.1) is 0 Å². The van der Waals surface area contributed by atoms with Crippen LogP contribution >= 0.6 is 11.3 Å². The molecule has 2 N–H and O–H groups in total. The zero-order valence-electron chi connectivity index (χ0n) is 10.3. The molecule has 0 unspecified atom stereocenters. The maximum atomic E-state index is 12.0. The van der Waals surface area contributed by atoms with E-state index in [1.165, 1.54) is 23.6 Å². The number of hydrogen-bond acceptors (Lipinski definition) is 5. The van der Waals surface area contributed by atoms with Crippen molar-refractivity contribution in [2.24, 2.45) is 0 Å². The van der Waals surface area contributed by atoms with Gasteiger partial charge >= 0.3 is 0 Å². The summed E-state index contributed by atoms with van der Waals surface area (Å²) in [7, 11) is 0. The van der Waals surface area contributed by atoms with Crippen molar-refractivity contribution in [1.29, 1.82) is 5.26 Å². The maximum absolute atomic E-state index is 12.0. The Kier molecular flexibility index (Phi) is 4.46. The first-order valence-electron chi connectivity index (χ1n) is 5.60. The summed E-state index contributed by atoms with van der Waals surface area (Å²) in [5.41, 5.74) is 0.813. The molecule has 1 heterocycles. The fourth-order valence-corrected chi connectivity index (χ4v) is 2.10. The van der Waals surface area contributed by atoms with E-state index in [1.807, 2.05) is 6.07 Å². The van der Waals surface area contributed by atoms with Gasteiger partial charge in [0.2, 0.25) is 0 Å². The lowest BCUT2D eigenvalue weighted by Crippen LogP contribution is -2.11. The summed E-state index contributed by atoms with van der Waals surface area (Å²) in [5, 5.41) is 20.4. The summed E-state index contributed by atoms with van der Waals surface area (Å²) >= 11 is 1.21. The monoisotopic (exact) mass is 283 g/mol. The number of aliphatic hydroxyl groups excluding tert-OH is 1. The van der Waals surface area contributed by atoms with Crippen LogP contribution in [0.4, 0.5) is 5.13 Å². The number of carbonyl (C=O) groups excluding carboxylic acids is 1. The first kappa shape index (κ1) is 13.8. The zero-order valence-corrected chi connectivity index (χ0v) is 11.1. The van der Waals surface area contributed by atoms with Crippen LogP contribution in [0.5, 0.6) is 0 Å². The molecule has 0 atom stereocenters. The van der Waals surface area contributed by atoms with Gasteiger partial charge in [-0.1, -0.05) is 29.2 Å². The van der Waals surface area contributed by atoms with Gasteiger partial charge in [0.05, 0.1) is 22.7 Å². The van der Waals surface area contributed by atoms with E-state index >= 15 is 0 Å². The van der Waals surface area contributed by atoms with Crippen LogP contribution in [0.2, 0.25) is 0 Å². The molecule has 98 valence electrons. The van der Waals surface area contributed by atoms with Gasteiger partial charge in [0.15, 0.2) is 5.13 Å². The van der Waals surface area contributed by atoms with E-state index in [9.17, 15) is 4.79 Å². The predicted molar refractivity (Wildman–Crippen MR) is 75.2 cm³/mol. The predicted octanol–water partition coefficient (Wildman–Crippen LogP) is 1.61. The molecule has 5 nitrogen and oxygen atoms in total. The summed E-state index contributed by atoms with van der Waals surface area (Å²) in [6, 6.07) is 8.38. The van der Waals surface area contributed by atoms with Crippen molar-refractivity contribution < 1.29 is 9.90 Å². The third-order valence-electron chi connectivity index (χ3n) is 2.27. The molecular weight excluding hydrogens is 274 g/mol. The number of aliphatic hydroxyl groups is 1. The van der Waals surface area contributed by atoms with Crippen molar-refractivity contribution in [3.05, 3.63) is 46.5 Å². The van der Waals surface area contributed by atoms with E-state index in [1.54, 1.807) is 18.2 Å². The van der Waals surface area contributed by atoms with Crippen LogP contribution in [-0.2, 0) is 0 Å². The molecule has 0 fully saturated rings. The van der Waals surface area contributed by atoms with Crippen LogP contribution in [0.25, 0.3) is 0 Å². The number of thiazole rings is 1. The molecule has 20 heavy (non-hydrogen) atoms. The Morgan fingerprint density at radius 3 is 3.10 bits per heavy atom. The van der Waals surface area contributed by atoms with E-state index in [-0.39, 0.29) is 12.5 Å². The zero-order chi connectivity index (χ0) is 14.4. The Morgan fingerprint density at radius 1 is 1.50 bits per heavy atom. The summed E-state index contributed by atoms with van der Waals surface area (Å²) in [6.45, 7) is -0.222. The van der Waals surface area contributed by atoms with Crippen molar-refractivity contribution in [1.82, 2.24) is 4.98 Å². The third kappa shape index (κ3) is 3.42. The van der Waals surface area contributed by atoms with E-state index in [2.05, 4.69) is 22.1 Å². The Bertz CT molecular complexity index is 735. The second-order valence-corrected chi connectivity index (χ2v) is 4.67. The minimum Gasteiger partial charge on any atom is -0.384 e. The van der Waals surface area contributed by atoms with Crippen LogP contribution in [0, 0.1) is 23.2 Å². The van der Waals surface area contributed by atoms with Crippen LogP contribution < -0.4 is 5.32 Å². The fourth-order valence-electron chi connectivity index (χ4n) is 1.42. The SMILES string of the molecule is N#Cc1cccc(C(=O)Nc2ncc(C#CCO)s2)c1. The molecule has 0 aliphatic carbocycles. The maximum Gasteiger partial charge on any atom is 0.257 e. The summed E-state index contributed by atoms with van der Waals surface area (Å²) in [5.74, 6) is 4.88. The van der Waals surface area contributed by atoms with E-state index in [0.717, 1.165) is 0 Å². The third-order valence-corrected chi connectivity index (χ3v) is 3.10. The first-order valence-corrected chi connectivity index (χ1v) is 6.41. The molecule has 1 aromatic heterocycles.